The molecule has 88 valence electrons. The summed E-state index contributed by atoms with van der Waals surface area (Å²) in [7, 11) is 0. The lowest BCUT2D eigenvalue weighted by Gasteiger charge is -2.35. The number of fused-ring (bicyclic) bond motifs is 2. The fourth-order valence-corrected chi connectivity index (χ4v) is 3.41. The first-order valence-corrected chi connectivity index (χ1v) is 6.46. The highest BCUT2D eigenvalue weighted by atomic mass is 16.2. The molecule has 0 spiro atoms. The van der Waals surface area contributed by atoms with Crippen molar-refractivity contribution in [1.82, 2.24) is 0 Å². The van der Waals surface area contributed by atoms with Crippen LogP contribution in [0.3, 0.4) is 0 Å². The molecule has 1 aromatic rings. The van der Waals surface area contributed by atoms with Gasteiger partial charge in [-0.1, -0.05) is 12.1 Å². The average Bonchev–Trinajstić information content (AvgIpc) is 2.90. The van der Waals surface area contributed by atoms with Crippen molar-refractivity contribution in [3.63, 3.8) is 0 Å². The Labute approximate surface area is 101 Å². The molecule has 0 radical (unpaired) electrons. The third-order valence-electron chi connectivity index (χ3n) is 4.69. The maximum Gasteiger partial charge on any atom is 0.233 e. The van der Waals surface area contributed by atoms with Gasteiger partial charge < -0.3 is 10.2 Å². The number of amides is 1. The summed E-state index contributed by atoms with van der Waals surface area (Å²) >= 11 is 0. The maximum atomic E-state index is 12.6. The van der Waals surface area contributed by atoms with E-state index in [1.54, 1.807) is 0 Å². The van der Waals surface area contributed by atoms with Crippen molar-refractivity contribution in [2.45, 2.75) is 19.3 Å². The lowest BCUT2D eigenvalue weighted by molar-refractivity contribution is -0.126. The van der Waals surface area contributed by atoms with Gasteiger partial charge in [-0.15, -0.1) is 0 Å². The molecule has 3 nitrogen and oxygen atoms in total. The maximum absolute atomic E-state index is 12.6. The van der Waals surface area contributed by atoms with E-state index in [0.29, 0.717) is 11.8 Å². The van der Waals surface area contributed by atoms with Gasteiger partial charge in [0.15, 0.2) is 0 Å². The first-order valence-electron chi connectivity index (χ1n) is 6.46. The Morgan fingerprint density at radius 3 is 3.00 bits per heavy atom. The third-order valence-corrected chi connectivity index (χ3v) is 4.69. The highest BCUT2D eigenvalue weighted by Crippen LogP contribution is 2.68. The van der Waals surface area contributed by atoms with E-state index < -0.39 is 0 Å². The van der Waals surface area contributed by atoms with Gasteiger partial charge >= 0.3 is 0 Å². The topological polar surface area (TPSA) is 32.3 Å². The van der Waals surface area contributed by atoms with Gasteiger partial charge in [-0.3, -0.25) is 4.79 Å². The van der Waals surface area contributed by atoms with Crippen molar-refractivity contribution in [2.75, 3.05) is 23.3 Å². The molecule has 1 heterocycles. The Morgan fingerprint density at radius 1 is 1.41 bits per heavy atom. The summed E-state index contributed by atoms with van der Waals surface area (Å²) in [6.45, 7) is 1.67. The normalized spacial score (nSPS) is 32.9. The van der Waals surface area contributed by atoms with Crippen LogP contribution >= 0.6 is 0 Å². The van der Waals surface area contributed by atoms with E-state index in [4.69, 9.17) is 0 Å². The number of hydrogen-bond donors (Lipinski definition) is 1. The van der Waals surface area contributed by atoms with E-state index in [-0.39, 0.29) is 5.41 Å². The molecule has 1 aromatic carbocycles. The molecule has 3 heteroatoms. The van der Waals surface area contributed by atoms with Crippen molar-refractivity contribution < 1.29 is 4.79 Å². The number of carbonyl (C=O) groups is 1. The predicted molar refractivity (Wildman–Crippen MR) is 67.1 cm³/mol. The zero-order valence-electron chi connectivity index (χ0n) is 9.78. The Balaban J connectivity index is 1.69. The summed E-state index contributed by atoms with van der Waals surface area (Å²) in [4.78, 5) is 14.6. The number of rotatable bonds is 1. The molecule has 2 saturated carbocycles. The SMILES string of the molecule is O=C(N1CCNc2ccccc21)C12CCC1C2. The van der Waals surface area contributed by atoms with E-state index in [9.17, 15) is 4.79 Å². The number of nitrogens with one attached hydrogen (secondary N) is 1. The molecular weight excluding hydrogens is 212 g/mol. The van der Waals surface area contributed by atoms with E-state index in [1.807, 2.05) is 23.1 Å². The minimum absolute atomic E-state index is 0.0600. The summed E-state index contributed by atoms with van der Waals surface area (Å²) in [6, 6.07) is 8.12. The summed E-state index contributed by atoms with van der Waals surface area (Å²) in [5.41, 5.74) is 2.22. The smallest absolute Gasteiger partial charge is 0.233 e. The van der Waals surface area contributed by atoms with Crippen LogP contribution in [-0.4, -0.2) is 19.0 Å². The zero-order valence-corrected chi connectivity index (χ0v) is 9.78. The zero-order chi connectivity index (χ0) is 11.5. The number of hydrogen-bond acceptors (Lipinski definition) is 2. The molecule has 3 aliphatic rings. The Hall–Kier alpha value is -1.51. The number of carbonyl (C=O) groups excluding carboxylic acids is 1. The van der Waals surface area contributed by atoms with Crippen molar-refractivity contribution >= 4 is 17.3 Å². The van der Waals surface area contributed by atoms with Crippen LogP contribution in [0.5, 0.6) is 0 Å². The molecule has 2 aliphatic carbocycles. The molecule has 0 bridgehead atoms. The van der Waals surface area contributed by atoms with Crippen LogP contribution in [0.4, 0.5) is 11.4 Å². The fourth-order valence-electron chi connectivity index (χ4n) is 3.41. The highest BCUT2D eigenvalue weighted by molar-refractivity contribution is 6.03. The number of para-hydroxylation sites is 2. The van der Waals surface area contributed by atoms with Crippen molar-refractivity contribution in [1.29, 1.82) is 0 Å². The van der Waals surface area contributed by atoms with Gasteiger partial charge in [0.1, 0.15) is 0 Å². The van der Waals surface area contributed by atoms with Gasteiger partial charge in [-0.25, -0.2) is 0 Å². The molecule has 17 heavy (non-hydrogen) atoms. The Kier molecular flexibility index (Phi) is 1.70. The van der Waals surface area contributed by atoms with Crippen molar-refractivity contribution in [3.05, 3.63) is 24.3 Å². The highest BCUT2D eigenvalue weighted by Gasteiger charge is 2.67. The molecule has 2 atom stereocenters. The molecule has 1 amide bonds. The molecule has 0 saturated heterocycles. The van der Waals surface area contributed by atoms with Gasteiger partial charge in [0.25, 0.3) is 0 Å². The Morgan fingerprint density at radius 2 is 2.29 bits per heavy atom. The lowest BCUT2D eigenvalue weighted by atomic mass is 9.83. The van der Waals surface area contributed by atoms with Crippen LogP contribution in [-0.2, 0) is 4.79 Å². The molecule has 1 N–H and O–H groups in total. The second-order valence-electron chi connectivity index (χ2n) is 5.50. The lowest BCUT2D eigenvalue weighted by Crippen LogP contribution is -2.45. The standard InChI is InChI=1S/C14H16N2O/c17-13(14-6-5-10(14)9-14)16-8-7-15-11-3-1-2-4-12(11)16/h1-4,10,15H,5-9H2. The van der Waals surface area contributed by atoms with Crippen molar-refractivity contribution in [2.24, 2.45) is 11.3 Å². The van der Waals surface area contributed by atoms with E-state index >= 15 is 0 Å². The summed E-state index contributed by atoms with van der Waals surface area (Å²) in [5.74, 6) is 1.08. The second-order valence-corrected chi connectivity index (χ2v) is 5.50. The molecule has 1 aliphatic heterocycles. The minimum atomic E-state index is 0.0600. The van der Waals surface area contributed by atoms with E-state index in [2.05, 4.69) is 11.4 Å². The molecule has 2 unspecified atom stereocenters. The van der Waals surface area contributed by atoms with Gasteiger partial charge in [0.2, 0.25) is 5.91 Å². The first kappa shape index (κ1) is 9.51. The van der Waals surface area contributed by atoms with Gasteiger partial charge in [-0.2, -0.15) is 0 Å². The van der Waals surface area contributed by atoms with Crippen LogP contribution in [0.25, 0.3) is 0 Å². The molecule has 2 fully saturated rings. The molecule has 4 rings (SSSR count). The largest absolute Gasteiger partial charge is 0.382 e. The minimum Gasteiger partial charge on any atom is -0.382 e. The van der Waals surface area contributed by atoms with Crippen LogP contribution in [0, 0.1) is 11.3 Å². The third kappa shape index (κ3) is 1.14. The van der Waals surface area contributed by atoms with Gasteiger partial charge in [0, 0.05) is 13.1 Å². The number of anilines is 2. The van der Waals surface area contributed by atoms with E-state index in [1.165, 1.54) is 6.42 Å². The quantitative estimate of drug-likeness (QED) is 0.799. The molecule has 0 aromatic heterocycles. The van der Waals surface area contributed by atoms with Gasteiger partial charge in [-0.05, 0) is 37.3 Å². The van der Waals surface area contributed by atoms with Crippen molar-refractivity contribution in [3.8, 4) is 0 Å². The summed E-state index contributed by atoms with van der Waals surface area (Å²) in [5, 5.41) is 3.35. The average molecular weight is 228 g/mol. The first-order chi connectivity index (χ1) is 8.31. The van der Waals surface area contributed by atoms with Crippen LogP contribution in [0.2, 0.25) is 0 Å². The number of benzene rings is 1. The van der Waals surface area contributed by atoms with Crippen LogP contribution < -0.4 is 10.2 Å². The summed E-state index contributed by atoms with van der Waals surface area (Å²) in [6.07, 6.45) is 3.51. The van der Waals surface area contributed by atoms with E-state index in [0.717, 1.165) is 37.3 Å². The Bertz CT molecular complexity index is 495. The summed E-state index contributed by atoms with van der Waals surface area (Å²) < 4.78 is 0. The monoisotopic (exact) mass is 228 g/mol. The molecular formula is C14H16N2O. The van der Waals surface area contributed by atoms with Crippen LogP contribution in [0.15, 0.2) is 24.3 Å². The van der Waals surface area contributed by atoms with Crippen LogP contribution in [0.1, 0.15) is 19.3 Å². The van der Waals surface area contributed by atoms with Gasteiger partial charge in [0.05, 0.1) is 16.8 Å². The number of nitrogens with zero attached hydrogens (tertiary/aromatic N) is 1. The second kappa shape index (κ2) is 3.03. The fraction of sp³-hybridized carbons (Fsp3) is 0.500. The predicted octanol–water partition coefficient (Wildman–Crippen LogP) is 2.25.